The van der Waals surface area contributed by atoms with Crippen molar-refractivity contribution in [1.29, 1.82) is 5.26 Å². The first-order valence-corrected chi connectivity index (χ1v) is 10.8. The Morgan fingerprint density at radius 1 is 1.06 bits per heavy atom. The number of pyridine rings is 2. The third-order valence-corrected chi connectivity index (χ3v) is 7.53. The summed E-state index contributed by atoms with van der Waals surface area (Å²) in [7, 11) is 1.73. The van der Waals surface area contributed by atoms with E-state index in [1.807, 2.05) is 12.1 Å². The van der Waals surface area contributed by atoms with E-state index in [0.717, 1.165) is 49.5 Å². The average molecular weight is 432 g/mol. The van der Waals surface area contributed by atoms with Gasteiger partial charge in [0.2, 0.25) is 0 Å². The van der Waals surface area contributed by atoms with Crippen LogP contribution in [0.5, 0.6) is 0 Å². The Morgan fingerprint density at radius 2 is 1.72 bits per heavy atom. The smallest absolute Gasteiger partial charge is 0.252 e. The number of benzene rings is 1. The van der Waals surface area contributed by atoms with E-state index in [-0.39, 0.29) is 22.2 Å². The molecule has 2 aliphatic heterocycles. The number of aromatic nitrogens is 2. The van der Waals surface area contributed by atoms with Crippen molar-refractivity contribution < 1.29 is 4.39 Å². The van der Waals surface area contributed by atoms with E-state index in [4.69, 9.17) is 0 Å². The van der Waals surface area contributed by atoms with Crippen molar-refractivity contribution in [3.05, 3.63) is 69.9 Å². The van der Waals surface area contributed by atoms with Crippen LogP contribution in [0.15, 0.2) is 47.3 Å². The molecule has 4 heterocycles. The van der Waals surface area contributed by atoms with Crippen molar-refractivity contribution >= 4 is 16.7 Å². The first kappa shape index (κ1) is 20.7. The number of hydrogen-bond acceptors (Lipinski definition) is 5. The Kier molecular flexibility index (Phi) is 4.61. The molecule has 7 heteroatoms. The number of rotatable bonds is 3. The highest BCUT2D eigenvalue weighted by Crippen LogP contribution is 2.53. The molecule has 164 valence electrons. The summed E-state index contributed by atoms with van der Waals surface area (Å²) < 4.78 is 14.8. The SMILES string of the molecule is Cn1c(=O)cc(N2C[C@]3(C)CN(Cc4ccc(F)cc4)C[C@]3(C)C2)c2nc(C#N)ccc21. The maximum atomic E-state index is 13.3. The summed E-state index contributed by atoms with van der Waals surface area (Å²) in [6, 6.07) is 14.0. The van der Waals surface area contributed by atoms with Gasteiger partial charge in [0.25, 0.3) is 5.56 Å². The third-order valence-electron chi connectivity index (χ3n) is 7.53. The largest absolute Gasteiger partial charge is 0.368 e. The minimum absolute atomic E-state index is 0.0350. The highest BCUT2D eigenvalue weighted by atomic mass is 19.1. The molecule has 0 bridgehead atoms. The van der Waals surface area contributed by atoms with E-state index >= 15 is 0 Å². The molecular formula is C25H26FN5O. The summed E-state index contributed by atoms with van der Waals surface area (Å²) in [5.74, 6) is -0.212. The number of nitrogens with zero attached hydrogens (tertiary/aromatic N) is 5. The fourth-order valence-electron chi connectivity index (χ4n) is 5.55. The fourth-order valence-corrected chi connectivity index (χ4v) is 5.55. The van der Waals surface area contributed by atoms with Gasteiger partial charge in [0, 0.05) is 56.7 Å². The van der Waals surface area contributed by atoms with Crippen molar-refractivity contribution in [2.45, 2.75) is 20.4 Å². The first-order chi connectivity index (χ1) is 15.2. The Labute approximate surface area is 186 Å². The van der Waals surface area contributed by atoms with Gasteiger partial charge in [0.15, 0.2) is 0 Å². The molecule has 0 aliphatic carbocycles. The van der Waals surface area contributed by atoms with Gasteiger partial charge in [-0.25, -0.2) is 9.37 Å². The van der Waals surface area contributed by atoms with Gasteiger partial charge in [-0.3, -0.25) is 9.69 Å². The van der Waals surface area contributed by atoms with Gasteiger partial charge in [-0.05, 0) is 29.8 Å². The molecule has 2 aromatic heterocycles. The summed E-state index contributed by atoms with van der Waals surface area (Å²) >= 11 is 0. The van der Waals surface area contributed by atoms with E-state index in [1.165, 1.54) is 12.1 Å². The molecule has 0 unspecified atom stereocenters. The zero-order valence-corrected chi connectivity index (χ0v) is 18.6. The molecule has 2 aliphatic rings. The van der Waals surface area contributed by atoms with Crippen molar-refractivity contribution in [3.63, 3.8) is 0 Å². The van der Waals surface area contributed by atoms with Crippen LogP contribution in [0.25, 0.3) is 11.0 Å². The van der Waals surface area contributed by atoms with E-state index < -0.39 is 0 Å². The highest BCUT2D eigenvalue weighted by Gasteiger charge is 2.57. The molecule has 2 saturated heterocycles. The van der Waals surface area contributed by atoms with Gasteiger partial charge < -0.3 is 9.47 Å². The topological polar surface area (TPSA) is 65.2 Å². The van der Waals surface area contributed by atoms with Crippen LogP contribution in [-0.2, 0) is 13.6 Å². The maximum Gasteiger partial charge on any atom is 0.252 e. The molecule has 6 nitrogen and oxygen atoms in total. The predicted octanol–water partition coefficient (Wildman–Crippen LogP) is 3.29. The second-order valence-electron chi connectivity index (χ2n) is 9.85. The van der Waals surface area contributed by atoms with Gasteiger partial charge in [-0.1, -0.05) is 26.0 Å². The molecule has 1 aromatic carbocycles. The zero-order chi connectivity index (χ0) is 22.7. The average Bonchev–Trinajstić information content (AvgIpc) is 3.15. The number of fused-ring (bicyclic) bond motifs is 2. The molecule has 3 aromatic rings. The Hall–Kier alpha value is -3.24. The predicted molar refractivity (Wildman–Crippen MR) is 122 cm³/mol. The van der Waals surface area contributed by atoms with Crippen LogP contribution in [0, 0.1) is 28.0 Å². The van der Waals surface area contributed by atoms with Crippen LogP contribution in [0.3, 0.4) is 0 Å². The van der Waals surface area contributed by atoms with Gasteiger partial charge in [0.1, 0.15) is 23.1 Å². The molecule has 0 spiro atoms. The normalized spacial score (nSPS) is 25.3. The van der Waals surface area contributed by atoms with Gasteiger partial charge in [0.05, 0.1) is 11.2 Å². The second kappa shape index (κ2) is 7.14. The standard InChI is InChI=1S/C25H26FN5O/c1-24-13-30(12-17-4-6-18(26)7-5-17)14-25(24,2)16-31(15-24)21-10-22(32)29(3)20-9-8-19(11-27)28-23(20)21/h4-10H,12-16H2,1-3H3/t24-,25+. The van der Waals surface area contributed by atoms with E-state index in [1.54, 1.807) is 29.8 Å². The van der Waals surface area contributed by atoms with Crippen molar-refractivity contribution in [2.75, 3.05) is 31.1 Å². The van der Waals surface area contributed by atoms with Crippen molar-refractivity contribution in [1.82, 2.24) is 14.5 Å². The zero-order valence-electron chi connectivity index (χ0n) is 18.6. The highest BCUT2D eigenvalue weighted by molar-refractivity contribution is 5.89. The van der Waals surface area contributed by atoms with Gasteiger partial charge >= 0.3 is 0 Å². The molecule has 0 N–H and O–H groups in total. The summed E-state index contributed by atoms with van der Waals surface area (Å²) in [6.07, 6.45) is 0. The third kappa shape index (κ3) is 3.18. The number of halogens is 1. The Balaban J connectivity index is 1.45. The van der Waals surface area contributed by atoms with Crippen LogP contribution >= 0.6 is 0 Å². The summed E-state index contributed by atoms with van der Waals surface area (Å²) in [4.78, 5) is 21.9. The molecule has 2 atom stereocenters. The van der Waals surface area contributed by atoms with E-state index in [0.29, 0.717) is 11.2 Å². The summed E-state index contributed by atoms with van der Waals surface area (Å²) in [6.45, 7) is 8.90. The van der Waals surface area contributed by atoms with Crippen molar-refractivity contribution in [2.24, 2.45) is 17.9 Å². The minimum atomic E-state index is -0.212. The lowest BCUT2D eigenvalue weighted by Crippen LogP contribution is -2.34. The van der Waals surface area contributed by atoms with Crippen molar-refractivity contribution in [3.8, 4) is 6.07 Å². The van der Waals surface area contributed by atoms with Gasteiger partial charge in [-0.2, -0.15) is 5.26 Å². The monoisotopic (exact) mass is 431 g/mol. The summed E-state index contributed by atoms with van der Waals surface area (Å²) in [5.41, 5.74) is 3.69. The van der Waals surface area contributed by atoms with Crippen LogP contribution in [0.4, 0.5) is 10.1 Å². The van der Waals surface area contributed by atoms with Crippen LogP contribution < -0.4 is 10.5 Å². The number of hydrogen-bond donors (Lipinski definition) is 0. The van der Waals surface area contributed by atoms with Crippen LogP contribution in [0.1, 0.15) is 25.1 Å². The van der Waals surface area contributed by atoms with Crippen LogP contribution in [0.2, 0.25) is 0 Å². The lowest BCUT2D eigenvalue weighted by Gasteiger charge is -2.30. The van der Waals surface area contributed by atoms with E-state index in [9.17, 15) is 14.4 Å². The second-order valence-corrected chi connectivity index (χ2v) is 9.85. The quantitative estimate of drug-likeness (QED) is 0.637. The molecule has 0 amide bonds. The lowest BCUT2D eigenvalue weighted by atomic mass is 9.71. The number of aryl methyl sites for hydroxylation is 1. The molecule has 32 heavy (non-hydrogen) atoms. The maximum absolute atomic E-state index is 13.3. The molecule has 5 rings (SSSR count). The van der Waals surface area contributed by atoms with Crippen LogP contribution in [-0.4, -0.2) is 40.6 Å². The number of anilines is 1. The molecular weight excluding hydrogens is 405 g/mol. The van der Waals surface area contributed by atoms with Gasteiger partial charge in [-0.15, -0.1) is 0 Å². The number of likely N-dealkylation sites (tertiary alicyclic amines) is 1. The lowest BCUT2D eigenvalue weighted by molar-refractivity contribution is 0.212. The summed E-state index contributed by atoms with van der Waals surface area (Å²) in [5, 5.41) is 9.34. The minimum Gasteiger partial charge on any atom is -0.368 e. The fraction of sp³-hybridized carbons (Fsp3) is 0.400. The van der Waals surface area contributed by atoms with E-state index in [2.05, 4.69) is 34.7 Å². The Morgan fingerprint density at radius 3 is 2.34 bits per heavy atom. The number of nitriles is 1. The molecule has 2 fully saturated rings. The Bertz CT molecular complexity index is 1290. The first-order valence-electron chi connectivity index (χ1n) is 10.8. The molecule has 0 saturated carbocycles. The molecule has 0 radical (unpaired) electrons.